The lowest BCUT2D eigenvalue weighted by Crippen LogP contribution is -2.61. The number of hydrogen-bond acceptors (Lipinski definition) is 28. The number of unbranched alkanes of at least 4 members (excludes halogenated alkanes) is 2. The number of hydrogen-bond donors (Lipinski definition) is 30. The Morgan fingerprint density at radius 3 is 0.993 bits per heavy atom. The number of aliphatic hydroxyl groups excluding tert-OH is 1. The third kappa shape index (κ3) is 48.8. The van der Waals surface area contributed by atoms with Gasteiger partial charge in [-0.05, 0) is 153 Å². The van der Waals surface area contributed by atoms with E-state index in [2.05, 4.69) is 100 Å². The van der Waals surface area contributed by atoms with Gasteiger partial charge in [-0.3, -0.25) is 111 Å². The van der Waals surface area contributed by atoms with E-state index in [1.807, 2.05) is 0 Å². The van der Waals surface area contributed by atoms with Crippen molar-refractivity contribution in [1.82, 2.24) is 100 Å². The van der Waals surface area contributed by atoms with Crippen LogP contribution in [0.25, 0.3) is 0 Å². The highest BCUT2D eigenvalue weighted by atomic mass is 16.4. The monoisotopic (exact) mass is 1980 g/mol. The van der Waals surface area contributed by atoms with Crippen LogP contribution in [0.2, 0.25) is 0 Å². The van der Waals surface area contributed by atoms with Crippen molar-refractivity contribution in [2.24, 2.45) is 57.9 Å². The summed E-state index contributed by atoms with van der Waals surface area (Å²) in [5, 5.41) is 88.1. The number of carbonyl (C=O) groups is 22. The summed E-state index contributed by atoms with van der Waals surface area (Å²) in [6.07, 6.45) is -4.61. The van der Waals surface area contributed by atoms with E-state index in [0.717, 1.165) is 6.92 Å². The van der Waals surface area contributed by atoms with E-state index < -0.39 is 321 Å². The number of aromatic amines is 1. The number of guanidine groups is 1. The van der Waals surface area contributed by atoms with Crippen molar-refractivity contribution in [2.45, 2.75) is 306 Å². The zero-order valence-corrected chi connectivity index (χ0v) is 80.2. The fourth-order valence-corrected chi connectivity index (χ4v) is 13.7. The van der Waals surface area contributed by atoms with Crippen molar-refractivity contribution in [3.05, 3.63) is 54.1 Å². The molecule has 1 heterocycles. The van der Waals surface area contributed by atoms with Crippen molar-refractivity contribution in [3.63, 3.8) is 0 Å². The molecule has 1 aromatic carbocycles. The molecule has 19 amide bonds. The molecule has 0 radical (unpaired) electrons. The van der Waals surface area contributed by atoms with Crippen LogP contribution in [0.5, 0.6) is 0 Å². The summed E-state index contributed by atoms with van der Waals surface area (Å²) in [7, 11) is 0. The Balaban J connectivity index is 2.69. The smallest absolute Gasteiger partial charge is 0.325 e. The molecule has 0 spiro atoms. The summed E-state index contributed by atoms with van der Waals surface area (Å²) >= 11 is 0. The molecule has 782 valence electrons. The minimum atomic E-state index is -1.88. The summed E-state index contributed by atoms with van der Waals surface area (Å²) in [4.78, 5) is 308. The van der Waals surface area contributed by atoms with Crippen molar-refractivity contribution in [3.8, 4) is 0 Å². The van der Waals surface area contributed by atoms with Gasteiger partial charge in [0.05, 0.1) is 19.4 Å². The molecule has 53 heteroatoms. The van der Waals surface area contributed by atoms with Crippen LogP contribution in [0.15, 0.2) is 42.9 Å². The molecular formula is C87H143N27O26. The maximum absolute atomic E-state index is 15.1. The number of amides is 19. The van der Waals surface area contributed by atoms with E-state index in [9.17, 15) is 116 Å². The Kier molecular flexibility index (Phi) is 55.9. The molecule has 0 saturated carbocycles. The normalized spacial score (nSPS) is 14.8. The molecule has 1 aromatic heterocycles. The first-order valence-corrected chi connectivity index (χ1v) is 46.0. The topological polar surface area (TPSA) is 896 Å². The average Bonchev–Trinajstić information content (AvgIpc) is 0.957. The molecule has 37 N–H and O–H groups in total. The third-order valence-electron chi connectivity index (χ3n) is 21.3. The van der Waals surface area contributed by atoms with Gasteiger partial charge in [0.2, 0.25) is 112 Å². The van der Waals surface area contributed by atoms with Crippen molar-refractivity contribution in [2.75, 3.05) is 26.2 Å². The summed E-state index contributed by atoms with van der Waals surface area (Å²) in [6, 6.07) is -19.4. The molecule has 0 aliphatic carbocycles. The Morgan fingerprint density at radius 1 is 0.350 bits per heavy atom. The SMILES string of the molecule is CC(C)C[C@H](NC(=O)[C@H](Cc1cnc[nH]1)NC(=O)[C@H](CCCNC(=N)N)NC(=O)[C@H](Cc1ccccc1)NC(=O)[C@H](CCC(=O)O)NC(=O)[C@H](C)NC(=O)[C@H](C)NC(=O)[C@H](CC(C)C)NC(=O)[C@@H](N)CO)C(=O)N[C@@H](CCC(N)=O)C(=O)N[C@@H](CC(C)C)C(=O)N[C@@H](CCCCN)C(=O)N[C@@H](CCC(=O)O)C(=O)N[C@@H](CCC(N)=O)C(=O)N[C@@H](CCCCN)C(=O)N[C@@H](CC(N)=O)C(=O)N[C@@H](C)C(=O)O. The van der Waals surface area contributed by atoms with Crippen molar-refractivity contribution in [1.29, 1.82) is 5.41 Å². The number of aliphatic hydroxyl groups is 1. The van der Waals surface area contributed by atoms with E-state index in [-0.39, 0.29) is 108 Å². The average molecular weight is 1980 g/mol. The first kappa shape index (κ1) is 122. The number of primary amides is 3. The van der Waals surface area contributed by atoms with Crippen LogP contribution in [-0.4, -0.2) is 295 Å². The summed E-state index contributed by atoms with van der Waals surface area (Å²) in [5.41, 5.74) is 39.8. The number of rotatable bonds is 70. The van der Waals surface area contributed by atoms with Crippen LogP contribution in [0.3, 0.4) is 0 Å². The van der Waals surface area contributed by atoms with Gasteiger partial charge < -0.3 is 156 Å². The molecule has 140 heavy (non-hydrogen) atoms. The number of carboxylic acid groups (broad SMARTS) is 3. The Hall–Kier alpha value is -14.1. The second-order valence-electron chi connectivity index (χ2n) is 35.1. The van der Waals surface area contributed by atoms with Gasteiger partial charge in [-0.25, -0.2) is 4.98 Å². The second-order valence-corrected chi connectivity index (χ2v) is 35.1. The van der Waals surface area contributed by atoms with Crippen LogP contribution in [0, 0.1) is 23.2 Å². The van der Waals surface area contributed by atoms with E-state index in [4.69, 9.17) is 45.5 Å². The number of aromatic nitrogens is 2. The number of H-pyrrole nitrogens is 1. The van der Waals surface area contributed by atoms with E-state index >= 15 is 9.59 Å². The first-order chi connectivity index (χ1) is 65.8. The van der Waals surface area contributed by atoms with E-state index in [1.165, 1.54) is 26.4 Å². The van der Waals surface area contributed by atoms with Crippen LogP contribution in [0.4, 0.5) is 0 Å². The zero-order valence-electron chi connectivity index (χ0n) is 80.2. The second kappa shape index (κ2) is 64.1. The number of carboxylic acids is 3. The number of nitrogens with zero attached hydrogens (tertiary/aromatic N) is 1. The number of benzene rings is 1. The Bertz CT molecular complexity index is 4510. The van der Waals surface area contributed by atoms with Crippen molar-refractivity contribution >= 4 is 136 Å². The number of aliphatic carboxylic acids is 3. The standard InChI is InChI=1S/C87H143N27O26/c1-43(2)34-59(109-72(125)51(90)41-115)80(133)100-46(7)70(123)99-47(8)71(124)102-57(25-29-68(119)120)79(132)112-62(37-49-18-11-10-12-19-49)84(137)105-54(22-17-33-97-87(94)95)75(128)113-63(38-50-40-96-42-98-50)85(138)111-61(36-45(5)6)83(136)108-56(24-28-66(92)117)78(131)110-60(35-44(3)4)82(135)104-52(20-13-15-31-88)73(126)107-58(26-30-69(121)122)77(130)106-55(23-27-65(91)116)76(129)103-53(21-14-16-32-89)74(127)114-64(39-67(93)118)81(134)101-48(9)86(139)140/h10-12,18-19,40,42-48,51-64,115H,13-17,20-39,41,88-90H2,1-9H3,(H2,91,116)(H2,92,117)(H2,93,118)(H,96,98)(H,99,123)(H,100,133)(H,101,134)(H,102,124)(H,103,129)(H,104,135)(H,105,137)(H,106,130)(H,107,126)(H,108,136)(H,109,125)(H,110,131)(H,111,138)(H,112,132)(H,113,128)(H,114,127)(H,119,120)(H,121,122)(H,139,140)(H4,94,95,97)/t46-,47-,48-,51-,52-,53-,54-,55-,56-,57-,58-,59-,60-,61-,62-,63-,64-/m0/s1. The molecule has 53 nitrogen and oxygen atoms in total. The lowest BCUT2D eigenvalue weighted by atomic mass is 9.99. The zero-order chi connectivity index (χ0) is 106. The quantitative estimate of drug-likeness (QED) is 0.0166. The van der Waals surface area contributed by atoms with Gasteiger partial charge in [-0.2, -0.15) is 0 Å². The van der Waals surface area contributed by atoms with Gasteiger partial charge in [0.25, 0.3) is 0 Å². The number of carbonyl (C=O) groups excluding carboxylic acids is 19. The number of nitrogens with one attached hydrogen (secondary N) is 19. The lowest BCUT2D eigenvalue weighted by molar-refractivity contribution is -0.142. The van der Waals surface area contributed by atoms with E-state index in [1.54, 1.807) is 71.9 Å². The fourth-order valence-electron chi connectivity index (χ4n) is 13.7. The highest BCUT2D eigenvalue weighted by Crippen LogP contribution is 2.17. The minimum Gasteiger partial charge on any atom is -0.481 e. The van der Waals surface area contributed by atoms with Crippen LogP contribution in [0.1, 0.15) is 202 Å². The first-order valence-electron chi connectivity index (χ1n) is 46.0. The van der Waals surface area contributed by atoms with Gasteiger partial charge in [-0.1, -0.05) is 71.9 Å². The Morgan fingerprint density at radius 2 is 0.650 bits per heavy atom. The molecule has 0 aliphatic heterocycles. The molecule has 0 unspecified atom stereocenters. The largest absolute Gasteiger partial charge is 0.481 e. The molecule has 0 saturated heterocycles. The molecule has 2 rings (SSSR count). The summed E-state index contributed by atoms with van der Waals surface area (Å²) in [6.45, 7) is 13.0. The van der Waals surface area contributed by atoms with Gasteiger partial charge in [0, 0.05) is 57.0 Å². The molecule has 2 aromatic rings. The molecular weight excluding hydrogens is 1840 g/mol. The van der Waals surface area contributed by atoms with Gasteiger partial charge in [0.15, 0.2) is 5.96 Å². The van der Waals surface area contributed by atoms with Crippen molar-refractivity contribution < 1.29 is 126 Å². The predicted octanol–water partition coefficient (Wildman–Crippen LogP) is -8.79. The lowest BCUT2D eigenvalue weighted by Gasteiger charge is -2.29. The number of nitrogens with two attached hydrogens (primary N) is 7. The maximum Gasteiger partial charge on any atom is 0.325 e. The predicted molar refractivity (Wildman–Crippen MR) is 501 cm³/mol. The molecule has 0 fully saturated rings. The van der Waals surface area contributed by atoms with Gasteiger partial charge in [0.1, 0.15) is 103 Å². The van der Waals surface area contributed by atoms with E-state index in [0.29, 0.717) is 5.56 Å². The summed E-state index contributed by atoms with van der Waals surface area (Å²) < 4.78 is 0. The van der Waals surface area contributed by atoms with Gasteiger partial charge in [-0.15, -0.1) is 0 Å². The van der Waals surface area contributed by atoms with Gasteiger partial charge >= 0.3 is 17.9 Å². The Labute approximate surface area is 809 Å². The molecule has 0 bridgehead atoms. The van der Waals surface area contributed by atoms with Crippen LogP contribution >= 0.6 is 0 Å². The molecule has 0 aliphatic rings. The van der Waals surface area contributed by atoms with Crippen LogP contribution in [-0.2, 0) is 118 Å². The fraction of sp³-hybridized carbons (Fsp3) is 0.632. The minimum absolute atomic E-state index is 0.0369. The molecule has 17 atom stereocenters. The van der Waals surface area contributed by atoms with Crippen LogP contribution < -0.4 is 131 Å². The number of imidazole rings is 1. The highest BCUT2D eigenvalue weighted by molar-refractivity contribution is 6.02. The third-order valence-corrected chi connectivity index (χ3v) is 21.3. The summed E-state index contributed by atoms with van der Waals surface area (Å²) in [5.74, 6) is -26.1. The highest BCUT2D eigenvalue weighted by Gasteiger charge is 2.40. The maximum atomic E-state index is 15.1.